The van der Waals surface area contributed by atoms with Crippen molar-refractivity contribution < 1.29 is 9.53 Å². The highest BCUT2D eigenvalue weighted by Crippen LogP contribution is 2.24. The number of halogens is 1. The minimum atomic E-state index is -0.367. The average molecular weight is 452 g/mol. The number of carbonyl (C=O) groups is 1. The third-order valence-corrected chi connectivity index (χ3v) is 5.73. The number of nitrogens with two attached hydrogens (primary N) is 1. The van der Waals surface area contributed by atoms with Crippen molar-refractivity contribution >= 4 is 41.1 Å². The van der Waals surface area contributed by atoms with Gasteiger partial charge in [-0.1, -0.05) is 17.7 Å². The maximum Gasteiger partial charge on any atom is 0.219 e. The van der Waals surface area contributed by atoms with Crippen molar-refractivity contribution in [2.45, 2.75) is 19.6 Å². The SMILES string of the molecule is CN(CCOc1ccc(Cl)cc1)Cn1nc(-c2cccs2)n(CCC(N)=O)c1=S. The lowest BCUT2D eigenvalue weighted by Crippen LogP contribution is -2.27. The van der Waals surface area contributed by atoms with E-state index >= 15 is 0 Å². The van der Waals surface area contributed by atoms with Crippen molar-refractivity contribution in [2.24, 2.45) is 5.73 Å². The Hall–Kier alpha value is -2.20. The van der Waals surface area contributed by atoms with Gasteiger partial charge >= 0.3 is 0 Å². The molecule has 2 aromatic heterocycles. The standard InChI is InChI=1S/C19H22ClN5O2S2/c1-23(10-11-27-15-6-4-14(20)5-7-15)13-25-19(28)24(9-8-17(21)26)18(22-25)16-3-2-12-29-16/h2-7,12H,8-11,13H2,1H3,(H2,21,26). The Labute approximate surface area is 183 Å². The number of benzene rings is 1. The van der Waals surface area contributed by atoms with Gasteiger partial charge in [0.1, 0.15) is 12.4 Å². The summed E-state index contributed by atoms with van der Waals surface area (Å²) in [6.45, 7) is 2.12. The molecule has 3 aromatic rings. The summed E-state index contributed by atoms with van der Waals surface area (Å²) >= 11 is 13.1. The second-order valence-corrected chi connectivity index (χ2v) is 8.22. The Morgan fingerprint density at radius 3 is 2.76 bits per heavy atom. The molecule has 1 amide bonds. The van der Waals surface area contributed by atoms with Gasteiger partial charge in [-0.05, 0) is 55.0 Å². The Bertz CT molecular complexity index is 999. The van der Waals surface area contributed by atoms with E-state index in [4.69, 9.17) is 34.3 Å². The monoisotopic (exact) mass is 451 g/mol. The topological polar surface area (TPSA) is 78.3 Å². The number of aromatic nitrogens is 3. The number of amides is 1. The van der Waals surface area contributed by atoms with Crippen molar-refractivity contribution in [3.63, 3.8) is 0 Å². The van der Waals surface area contributed by atoms with Gasteiger partial charge in [0.25, 0.3) is 0 Å². The molecule has 10 heteroatoms. The van der Waals surface area contributed by atoms with E-state index in [0.29, 0.717) is 36.2 Å². The summed E-state index contributed by atoms with van der Waals surface area (Å²) in [5.41, 5.74) is 5.32. The molecule has 0 unspecified atom stereocenters. The third kappa shape index (κ3) is 5.89. The van der Waals surface area contributed by atoms with Gasteiger partial charge in [-0.25, -0.2) is 4.68 Å². The summed E-state index contributed by atoms with van der Waals surface area (Å²) in [4.78, 5) is 14.3. The number of nitrogens with zero attached hydrogens (tertiary/aromatic N) is 4. The first-order valence-corrected chi connectivity index (χ1v) is 10.7. The van der Waals surface area contributed by atoms with Crippen LogP contribution in [0.25, 0.3) is 10.7 Å². The van der Waals surface area contributed by atoms with E-state index in [-0.39, 0.29) is 12.3 Å². The summed E-state index contributed by atoms with van der Waals surface area (Å²) in [5.74, 6) is 1.15. The fourth-order valence-electron chi connectivity index (χ4n) is 2.69. The molecule has 0 radical (unpaired) electrons. The second-order valence-electron chi connectivity index (χ2n) is 6.47. The Morgan fingerprint density at radius 2 is 2.10 bits per heavy atom. The summed E-state index contributed by atoms with van der Waals surface area (Å²) in [6.07, 6.45) is 0.211. The van der Waals surface area contributed by atoms with Crippen LogP contribution in [0.2, 0.25) is 5.02 Å². The molecular formula is C19H22ClN5O2S2. The molecule has 0 fully saturated rings. The average Bonchev–Trinajstić information content (AvgIpc) is 3.31. The quantitative estimate of drug-likeness (QED) is 0.476. The smallest absolute Gasteiger partial charge is 0.219 e. The van der Waals surface area contributed by atoms with Crippen molar-refractivity contribution in [1.29, 1.82) is 0 Å². The minimum Gasteiger partial charge on any atom is -0.492 e. The van der Waals surface area contributed by atoms with E-state index in [1.165, 1.54) is 0 Å². The van der Waals surface area contributed by atoms with Crippen LogP contribution < -0.4 is 10.5 Å². The summed E-state index contributed by atoms with van der Waals surface area (Å²) in [6, 6.07) is 11.2. The molecule has 154 valence electrons. The van der Waals surface area contributed by atoms with Crippen LogP contribution in [0.15, 0.2) is 41.8 Å². The molecule has 1 aromatic carbocycles. The van der Waals surface area contributed by atoms with Gasteiger partial charge in [-0.2, -0.15) is 0 Å². The van der Waals surface area contributed by atoms with Crippen LogP contribution in [0.1, 0.15) is 6.42 Å². The first-order valence-electron chi connectivity index (χ1n) is 9.01. The number of primary amides is 1. The van der Waals surface area contributed by atoms with Crippen LogP contribution in [0.3, 0.4) is 0 Å². The zero-order valence-corrected chi connectivity index (χ0v) is 18.3. The van der Waals surface area contributed by atoms with Gasteiger partial charge in [0.2, 0.25) is 5.91 Å². The zero-order valence-electron chi connectivity index (χ0n) is 16.0. The number of hydrogen-bond acceptors (Lipinski definition) is 6. The molecule has 0 aliphatic rings. The van der Waals surface area contributed by atoms with Crippen molar-refractivity contribution in [1.82, 2.24) is 19.2 Å². The molecule has 7 nitrogen and oxygen atoms in total. The number of likely N-dealkylation sites (N-methyl/N-ethyl adjacent to an activating group) is 1. The minimum absolute atomic E-state index is 0.211. The zero-order chi connectivity index (χ0) is 20.8. The number of carbonyl (C=O) groups excluding carboxylic acids is 1. The second kappa shape index (κ2) is 10.0. The van der Waals surface area contributed by atoms with E-state index in [9.17, 15) is 4.79 Å². The van der Waals surface area contributed by atoms with E-state index in [0.717, 1.165) is 16.5 Å². The fraction of sp³-hybridized carbons (Fsp3) is 0.316. The van der Waals surface area contributed by atoms with Crippen molar-refractivity contribution in [2.75, 3.05) is 20.2 Å². The van der Waals surface area contributed by atoms with Crippen molar-refractivity contribution in [3.05, 3.63) is 51.6 Å². The van der Waals surface area contributed by atoms with E-state index < -0.39 is 0 Å². The van der Waals surface area contributed by atoms with E-state index in [2.05, 4.69) is 10.00 Å². The van der Waals surface area contributed by atoms with Crippen LogP contribution in [-0.2, 0) is 18.0 Å². The number of ether oxygens (including phenoxy) is 1. The number of rotatable bonds is 10. The molecule has 29 heavy (non-hydrogen) atoms. The molecule has 0 atom stereocenters. The van der Waals surface area contributed by atoms with Crippen molar-refractivity contribution in [3.8, 4) is 16.5 Å². The maximum atomic E-state index is 11.2. The highest BCUT2D eigenvalue weighted by molar-refractivity contribution is 7.71. The fourth-order valence-corrected chi connectivity index (χ4v) is 3.81. The van der Waals surface area contributed by atoms with Gasteiger partial charge in [0.05, 0.1) is 11.5 Å². The molecule has 3 rings (SSSR count). The summed E-state index contributed by atoms with van der Waals surface area (Å²) < 4.78 is 9.92. The van der Waals surface area contributed by atoms with Crippen LogP contribution in [0.5, 0.6) is 5.75 Å². The molecule has 0 saturated heterocycles. The van der Waals surface area contributed by atoms with Gasteiger partial charge < -0.3 is 10.5 Å². The Kier molecular flexibility index (Phi) is 7.43. The lowest BCUT2D eigenvalue weighted by atomic mass is 10.3. The molecular weight excluding hydrogens is 430 g/mol. The van der Waals surface area contributed by atoms with Crippen LogP contribution in [0.4, 0.5) is 0 Å². The first-order chi connectivity index (χ1) is 13.9. The molecule has 0 aliphatic heterocycles. The van der Waals surface area contributed by atoms with Gasteiger partial charge in [-0.3, -0.25) is 14.3 Å². The highest BCUT2D eigenvalue weighted by Gasteiger charge is 2.15. The number of thiophene rings is 1. The van der Waals surface area contributed by atoms with Gasteiger partial charge in [0.15, 0.2) is 10.6 Å². The van der Waals surface area contributed by atoms with Crippen LogP contribution in [-0.4, -0.2) is 45.4 Å². The molecule has 2 N–H and O–H groups in total. The predicted octanol–water partition coefficient (Wildman–Crippen LogP) is 3.64. The first kappa shape index (κ1) is 21.5. The van der Waals surface area contributed by atoms with Gasteiger partial charge in [0, 0.05) is 24.5 Å². The normalized spacial score (nSPS) is 11.1. The lowest BCUT2D eigenvalue weighted by molar-refractivity contribution is -0.118. The van der Waals surface area contributed by atoms with Crippen LogP contribution >= 0.6 is 35.2 Å². The Morgan fingerprint density at radius 1 is 1.34 bits per heavy atom. The van der Waals surface area contributed by atoms with E-state index in [1.807, 2.05) is 41.3 Å². The lowest BCUT2D eigenvalue weighted by Gasteiger charge is -2.16. The largest absolute Gasteiger partial charge is 0.492 e. The molecule has 2 heterocycles. The third-order valence-electron chi connectivity index (χ3n) is 4.18. The summed E-state index contributed by atoms with van der Waals surface area (Å²) in [7, 11) is 1.97. The molecule has 0 aliphatic carbocycles. The molecule has 0 spiro atoms. The highest BCUT2D eigenvalue weighted by atomic mass is 35.5. The molecule has 0 bridgehead atoms. The maximum absolute atomic E-state index is 11.2. The van der Waals surface area contributed by atoms with E-state index in [1.54, 1.807) is 28.2 Å². The molecule has 0 saturated carbocycles. The summed E-state index contributed by atoms with van der Waals surface area (Å²) in [5, 5.41) is 7.34. The predicted molar refractivity (Wildman–Crippen MR) is 118 cm³/mol. The number of hydrogen-bond donors (Lipinski definition) is 1. The Balaban J connectivity index is 1.66. The van der Waals surface area contributed by atoms with Crippen LogP contribution in [0, 0.1) is 4.77 Å². The van der Waals surface area contributed by atoms with Gasteiger partial charge in [-0.15, -0.1) is 16.4 Å².